The van der Waals surface area contributed by atoms with Crippen LogP contribution in [0, 0.1) is 6.92 Å². The van der Waals surface area contributed by atoms with Crippen LogP contribution in [0.3, 0.4) is 0 Å². The Morgan fingerprint density at radius 2 is 2.19 bits per heavy atom. The van der Waals surface area contributed by atoms with Crippen LogP contribution in [0.4, 0.5) is 5.69 Å². The van der Waals surface area contributed by atoms with Crippen LogP contribution in [0.25, 0.3) is 0 Å². The Morgan fingerprint density at radius 1 is 1.50 bits per heavy atom. The van der Waals surface area contributed by atoms with Gasteiger partial charge in [0.15, 0.2) is 0 Å². The van der Waals surface area contributed by atoms with E-state index in [9.17, 15) is 4.79 Å². The zero-order valence-electron chi connectivity index (χ0n) is 10.4. The maximum atomic E-state index is 11.5. The monoisotopic (exact) mass is 219 g/mol. The number of amides is 1. The third-order valence-corrected chi connectivity index (χ3v) is 2.70. The average molecular weight is 219 g/mol. The lowest BCUT2D eigenvalue weighted by Crippen LogP contribution is -2.32. The molecule has 0 spiro atoms. The lowest BCUT2D eigenvalue weighted by molar-refractivity contribution is -0.116. The molecule has 1 amide bonds. The van der Waals surface area contributed by atoms with Crippen molar-refractivity contribution in [3.63, 3.8) is 0 Å². The van der Waals surface area contributed by atoms with Crippen molar-refractivity contribution in [3.05, 3.63) is 23.8 Å². The standard InChI is InChI=1S/C12H18BNO2/c1-9-8-11(4-5-12(9)13)14(10(2)15)6-7-16-3/h4-5,8H,6-7,13H2,1-3H3. The number of anilines is 1. The fourth-order valence-electron chi connectivity index (χ4n) is 1.54. The maximum absolute atomic E-state index is 11.5. The lowest BCUT2D eigenvalue weighted by atomic mass is 9.91. The summed E-state index contributed by atoms with van der Waals surface area (Å²) in [7, 11) is 3.70. The van der Waals surface area contributed by atoms with Crippen LogP contribution in [-0.4, -0.2) is 34.0 Å². The molecule has 0 radical (unpaired) electrons. The molecule has 1 aromatic rings. The first-order valence-electron chi connectivity index (χ1n) is 5.40. The van der Waals surface area contributed by atoms with E-state index in [1.165, 1.54) is 11.0 Å². The summed E-state index contributed by atoms with van der Waals surface area (Å²) in [5.74, 6) is 0.0419. The first-order valence-corrected chi connectivity index (χ1v) is 5.40. The number of carbonyl (C=O) groups excluding carboxylic acids is 1. The molecule has 1 aromatic carbocycles. The number of benzene rings is 1. The quantitative estimate of drug-likeness (QED) is 0.679. The Labute approximate surface area is 97.8 Å². The minimum Gasteiger partial charge on any atom is -0.383 e. The summed E-state index contributed by atoms with van der Waals surface area (Å²) >= 11 is 0. The molecule has 0 aromatic heterocycles. The number of rotatable bonds is 4. The second kappa shape index (κ2) is 5.70. The van der Waals surface area contributed by atoms with Crippen LogP contribution in [0.15, 0.2) is 18.2 Å². The van der Waals surface area contributed by atoms with Gasteiger partial charge in [0.2, 0.25) is 5.91 Å². The van der Waals surface area contributed by atoms with E-state index in [1.807, 2.05) is 25.1 Å². The second-order valence-corrected chi connectivity index (χ2v) is 3.93. The highest BCUT2D eigenvalue weighted by atomic mass is 16.5. The number of carbonyl (C=O) groups is 1. The molecule has 0 saturated carbocycles. The van der Waals surface area contributed by atoms with Gasteiger partial charge in [0, 0.05) is 26.3 Å². The molecule has 0 aliphatic rings. The van der Waals surface area contributed by atoms with E-state index < -0.39 is 0 Å². The van der Waals surface area contributed by atoms with Crippen LogP contribution in [0.5, 0.6) is 0 Å². The summed E-state index contributed by atoms with van der Waals surface area (Å²) in [5.41, 5.74) is 3.37. The van der Waals surface area contributed by atoms with Crippen molar-refractivity contribution < 1.29 is 9.53 Å². The minimum atomic E-state index is 0.0419. The molecule has 0 heterocycles. The molecule has 0 aliphatic carbocycles. The number of aryl methyl sites for hydroxylation is 1. The summed E-state index contributed by atoms with van der Waals surface area (Å²) in [6.07, 6.45) is 0. The van der Waals surface area contributed by atoms with Gasteiger partial charge in [-0.2, -0.15) is 0 Å². The Balaban J connectivity index is 2.92. The van der Waals surface area contributed by atoms with Crippen molar-refractivity contribution in [1.29, 1.82) is 0 Å². The van der Waals surface area contributed by atoms with Crippen molar-refractivity contribution >= 4 is 24.9 Å². The zero-order valence-corrected chi connectivity index (χ0v) is 10.4. The number of methoxy groups -OCH3 is 1. The number of hydrogen-bond donors (Lipinski definition) is 0. The summed E-state index contributed by atoms with van der Waals surface area (Å²) < 4.78 is 5.00. The molecule has 4 heteroatoms. The van der Waals surface area contributed by atoms with E-state index in [0.717, 1.165) is 5.69 Å². The van der Waals surface area contributed by atoms with Gasteiger partial charge >= 0.3 is 0 Å². The highest BCUT2D eigenvalue weighted by Crippen LogP contribution is 2.14. The molecule has 16 heavy (non-hydrogen) atoms. The molecule has 3 nitrogen and oxygen atoms in total. The molecule has 0 fully saturated rings. The lowest BCUT2D eigenvalue weighted by Gasteiger charge is -2.21. The Bertz CT molecular complexity index is 379. The first-order chi connectivity index (χ1) is 7.56. The van der Waals surface area contributed by atoms with Crippen LogP contribution in [0.1, 0.15) is 12.5 Å². The van der Waals surface area contributed by atoms with Crippen molar-refractivity contribution in [2.75, 3.05) is 25.2 Å². The van der Waals surface area contributed by atoms with Crippen LogP contribution in [-0.2, 0) is 9.53 Å². The second-order valence-electron chi connectivity index (χ2n) is 3.93. The summed E-state index contributed by atoms with van der Waals surface area (Å²) in [6.45, 7) is 4.76. The highest BCUT2D eigenvalue weighted by Gasteiger charge is 2.11. The molecule has 0 bridgehead atoms. The van der Waals surface area contributed by atoms with Gasteiger partial charge in [-0.05, 0) is 19.1 Å². The number of nitrogens with zero attached hydrogens (tertiary/aromatic N) is 1. The molecule has 0 N–H and O–H groups in total. The van der Waals surface area contributed by atoms with E-state index in [2.05, 4.69) is 7.85 Å². The first kappa shape index (κ1) is 12.8. The van der Waals surface area contributed by atoms with E-state index in [0.29, 0.717) is 13.2 Å². The van der Waals surface area contributed by atoms with Gasteiger partial charge in [-0.1, -0.05) is 17.1 Å². The van der Waals surface area contributed by atoms with E-state index in [1.54, 1.807) is 18.9 Å². The van der Waals surface area contributed by atoms with E-state index >= 15 is 0 Å². The maximum Gasteiger partial charge on any atom is 0.223 e. The minimum absolute atomic E-state index is 0.0419. The van der Waals surface area contributed by atoms with Crippen LogP contribution >= 0.6 is 0 Å². The highest BCUT2D eigenvalue weighted by molar-refractivity contribution is 6.33. The predicted octanol–water partition coefficient (Wildman–Crippen LogP) is 0.253. The molecule has 0 unspecified atom stereocenters. The van der Waals surface area contributed by atoms with Crippen molar-refractivity contribution in [2.24, 2.45) is 0 Å². The van der Waals surface area contributed by atoms with Gasteiger partial charge < -0.3 is 9.64 Å². The van der Waals surface area contributed by atoms with E-state index in [-0.39, 0.29) is 5.91 Å². The average Bonchev–Trinajstić information content (AvgIpc) is 2.23. The smallest absolute Gasteiger partial charge is 0.223 e. The summed E-state index contributed by atoms with van der Waals surface area (Å²) in [5, 5.41) is 0. The van der Waals surface area contributed by atoms with Crippen LogP contribution in [0.2, 0.25) is 0 Å². The summed E-state index contributed by atoms with van der Waals surface area (Å²) in [4.78, 5) is 13.2. The van der Waals surface area contributed by atoms with Crippen LogP contribution < -0.4 is 10.4 Å². The fraction of sp³-hybridized carbons (Fsp3) is 0.417. The SMILES string of the molecule is Bc1ccc(N(CCOC)C(C)=O)cc1C. The Hall–Kier alpha value is -1.29. The predicted molar refractivity (Wildman–Crippen MR) is 69.3 cm³/mol. The van der Waals surface area contributed by atoms with Gasteiger partial charge in [0.1, 0.15) is 7.85 Å². The van der Waals surface area contributed by atoms with Gasteiger partial charge in [-0.3, -0.25) is 4.79 Å². The van der Waals surface area contributed by atoms with Gasteiger partial charge in [0.25, 0.3) is 0 Å². The van der Waals surface area contributed by atoms with Crippen molar-refractivity contribution in [3.8, 4) is 0 Å². The fourth-order valence-corrected chi connectivity index (χ4v) is 1.54. The third-order valence-electron chi connectivity index (χ3n) is 2.70. The van der Waals surface area contributed by atoms with Gasteiger partial charge in [-0.15, -0.1) is 0 Å². The summed E-state index contributed by atoms with van der Waals surface area (Å²) in [6, 6.07) is 6.04. The number of ether oxygens (including phenoxy) is 1. The Morgan fingerprint density at radius 3 is 2.69 bits per heavy atom. The van der Waals surface area contributed by atoms with Crippen molar-refractivity contribution in [1.82, 2.24) is 0 Å². The molecule has 86 valence electrons. The van der Waals surface area contributed by atoms with E-state index in [4.69, 9.17) is 4.74 Å². The molecular formula is C12H18BNO2. The largest absolute Gasteiger partial charge is 0.383 e. The van der Waals surface area contributed by atoms with Gasteiger partial charge in [-0.25, -0.2) is 0 Å². The topological polar surface area (TPSA) is 29.5 Å². The molecule has 0 saturated heterocycles. The van der Waals surface area contributed by atoms with Gasteiger partial charge in [0.05, 0.1) is 6.61 Å². The molecule has 0 aliphatic heterocycles. The van der Waals surface area contributed by atoms with Crippen molar-refractivity contribution in [2.45, 2.75) is 13.8 Å². The molecular weight excluding hydrogens is 201 g/mol. The zero-order chi connectivity index (χ0) is 12.1. The normalized spacial score (nSPS) is 10.2. The Kier molecular flexibility index (Phi) is 4.56. The third kappa shape index (κ3) is 3.10. The molecule has 1 rings (SSSR count). The molecule has 0 atom stereocenters. The number of hydrogen-bond acceptors (Lipinski definition) is 2.